The number of hydrogen-bond donors (Lipinski definition) is 2. The van der Waals surface area contributed by atoms with E-state index in [1.807, 2.05) is 29.2 Å². The van der Waals surface area contributed by atoms with Gasteiger partial charge in [-0.05, 0) is 24.1 Å². The van der Waals surface area contributed by atoms with E-state index in [9.17, 15) is 9.59 Å². The first-order chi connectivity index (χ1) is 10.5. The summed E-state index contributed by atoms with van der Waals surface area (Å²) in [5.74, 6) is 0.187. The molecule has 0 aromatic heterocycles. The van der Waals surface area contributed by atoms with Crippen molar-refractivity contribution in [2.45, 2.75) is 13.3 Å². The molecule has 2 amide bonds. The van der Waals surface area contributed by atoms with Gasteiger partial charge in [0.1, 0.15) is 0 Å². The quantitative estimate of drug-likeness (QED) is 0.784. The third kappa shape index (κ3) is 5.31. The highest BCUT2D eigenvalue weighted by molar-refractivity contribution is 6.30. The molecule has 0 saturated carbocycles. The standard InChI is InChI=1S/C16H22ClN3O2/c1-13(21)20-10-8-19(9-11-20)12-16(22)18-7-6-14-2-4-15(17)5-3-14/h2-5H,6-12H2,1H3,(H,18,22)/p+1. The van der Waals surface area contributed by atoms with Gasteiger partial charge in [-0.3, -0.25) is 9.59 Å². The second kappa shape index (κ2) is 8.15. The molecule has 120 valence electrons. The van der Waals surface area contributed by atoms with Crippen molar-refractivity contribution in [3.63, 3.8) is 0 Å². The molecule has 1 aliphatic heterocycles. The molecular formula is C16H23ClN3O2+. The highest BCUT2D eigenvalue weighted by Crippen LogP contribution is 2.09. The first kappa shape index (κ1) is 16.8. The van der Waals surface area contributed by atoms with Gasteiger partial charge in [0.15, 0.2) is 6.54 Å². The highest BCUT2D eigenvalue weighted by Gasteiger charge is 2.23. The summed E-state index contributed by atoms with van der Waals surface area (Å²) in [5.41, 5.74) is 1.16. The van der Waals surface area contributed by atoms with Crippen LogP contribution in [-0.4, -0.2) is 56.0 Å². The van der Waals surface area contributed by atoms with Crippen LogP contribution in [0.15, 0.2) is 24.3 Å². The molecule has 0 bridgehead atoms. The van der Waals surface area contributed by atoms with Crippen molar-refractivity contribution in [2.24, 2.45) is 0 Å². The number of halogens is 1. The van der Waals surface area contributed by atoms with Crippen molar-refractivity contribution in [2.75, 3.05) is 39.3 Å². The number of rotatable bonds is 5. The summed E-state index contributed by atoms with van der Waals surface area (Å²) >= 11 is 5.84. The van der Waals surface area contributed by atoms with Crippen molar-refractivity contribution < 1.29 is 14.5 Å². The van der Waals surface area contributed by atoms with E-state index in [1.54, 1.807) is 6.92 Å². The molecule has 6 heteroatoms. The van der Waals surface area contributed by atoms with Crippen molar-refractivity contribution >= 4 is 23.4 Å². The Labute approximate surface area is 136 Å². The third-order valence-corrected chi connectivity index (χ3v) is 4.23. The molecule has 0 radical (unpaired) electrons. The summed E-state index contributed by atoms with van der Waals surface area (Å²) in [6.07, 6.45) is 0.802. The van der Waals surface area contributed by atoms with E-state index >= 15 is 0 Å². The lowest BCUT2D eigenvalue weighted by Crippen LogP contribution is -3.15. The Balaban J connectivity index is 1.64. The molecule has 0 unspecified atom stereocenters. The summed E-state index contributed by atoms with van der Waals surface area (Å²) in [6, 6.07) is 7.66. The van der Waals surface area contributed by atoms with Gasteiger partial charge in [0, 0.05) is 18.5 Å². The molecule has 1 aromatic rings. The normalized spacial score (nSPS) is 15.6. The molecule has 5 nitrogen and oxygen atoms in total. The number of hydrogen-bond acceptors (Lipinski definition) is 2. The van der Waals surface area contributed by atoms with Gasteiger partial charge >= 0.3 is 0 Å². The predicted molar refractivity (Wildman–Crippen MR) is 86.0 cm³/mol. The minimum atomic E-state index is 0.0697. The lowest BCUT2D eigenvalue weighted by atomic mass is 10.1. The van der Waals surface area contributed by atoms with E-state index in [4.69, 9.17) is 11.6 Å². The fourth-order valence-electron chi connectivity index (χ4n) is 2.60. The fraction of sp³-hybridized carbons (Fsp3) is 0.500. The molecule has 1 aliphatic rings. The number of amides is 2. The zero-order chi connectivity index (χ0) is 15.9. The fourth-order valence-corrected chi connectivity index (χ4v) is 2.73. The van der Waals surface area contributed by atoms with Crippen molar-refractivity contribution in [1.29, 1.82) is 0 Å². The molecule has 2 N–H and O–H groups in total. The van der Waals surface area contributed by atoms with E-state index in [0.29, 0.717) is 13.1 Å². The number of nitrogens with zero attached hydrogens (tertiary/aromatic N) is 1. The Morgan fingerprint density at radius 2 is 1.86 bits per heavy atom. The number of piperazine rings is 1. The molecule has 1 aromatic carbocycles. The number of carbonyl (C=O) groups is 2. The number of nitrogens with one attached hydrogen (secondary N) is 2. The van der Waals surface area contributed by atoms with Crippen LogP contribution in [0.2, 0.25) is 5.02 Å². The highest BCUT2D eigenvalue weighted by atomic mass is 35.5. The maximum atomic E-state index is 11.9. The monoisotopic (exact) mass is 324 g/mol. The molecule has 2 rings (SSSR count). The molecule has 1 saturated heterocycles. The Morgan fingerprint density at radius 3 is 2.45 bits per heavy atom. The van der Waals surface area contributed by atoms with E-state index in [2.05, 4.69) is 5.32 Å². The van der Waals surface area contributed by atoms with Gasteiger partial charge in [-0.2, -0.15) is 0 Å². The molecule has 22 heavy (non-hydrogen) atoms. The van der Waals surface area contributed by atoms with Crippen molar-refractivity contribution in [3.05, 3.63) is 34.9 Å². The molecule has 1 fully saturated rings. The van der Waals surface area contributed by atoms with Crippen LogP contribution in [0.1, 0.15) is 12.5 Å². The first-order valence-electron chi connectivity index (χ1n) is 7.65. The molecular weight excluding hydrogens is 302 g/mol. The average molecular weight is 325 g/mol. The minimum absolute atomic E-state index is 0.0697. The van der Waals surface area contributed by atoms with Crippen LogP contribution in [-0.2, 0) is 16.0 Å². The van der Waals surface area contributed by atoms with Gasteiger partial charge in [0.25, 0.3) is 5.91 Å². The van der Waals surface area contributed by atoms with E-state index in [1.165, 1.54) is 4.90 Å². The first-order valence-corrected chi connectivity index (χ1v) is 8.02. The second-order valence-corrected chi connectivity index (χ2v) is 6.10. The summed E-state index contributed by atoms with van der Waals surface area (Å²) in [4.78, 5) is 26.3. The second-order valence-electron chi connectivity index (χ2n) is 5.66. The largest absolute Gasteiger partial charge is 0.351 e. The van der Waals surface area contributed by atoms with Crippen molar-refractivity contribution in [1.82, 2.24) is 10.2 Å². The van der Waals surface area contributed by atoms with E-state index in [0.717, 1.165) is 43.2 Å². The Hall–Kier alpha value is -1.59. The number of benzene rings is 1. The summed E-state index contributed by atoms with van der Waals surface area (Å²) in [5, 5.41) is 3.68. The topological polar surface area (TPSA) is 53.9 Å². The zero-order valence-corrected chi connectivity index (χ0v) is 13.7. The zero-order valence-electron chi connectivity index (χ0n) is 12.9. The molecule has 0 aliphatic carbocycles. The molecule has 0 atom stereocenters. The lowest BCUT2D eigenvalue weighted by molar-refractivity contribution is -0.896. The Morgan fingerprint density at radius 1 is 1.23 bits per heavy atom. The predicted octanol–water partition coefficient (Wildman–Crippen LogP) is -0.254. The van der Waals surface area contributed by atoms with Crippen LogP contribution in [0, 0.1) is 0 Å². The van der Waals surface area contributed by atoms with Crippen molar-refractivity contribution in [3.8, 4) is 0 Å². The van der Waals surface area contributed by atoms with Crippen LogP contribution >= 0.6 is 11.6 Å². The lowest BCUT2D eigenvalue weighted by Gasteiger charge is -2.31. The van der Waals surface area contributed by atoms with Gasteiger partial charge in [0.2, 0.25) is 5.91 Å². The van der Waals surface area contributed by atoms with Crippen LogP contribution in [0.25, 0.3) is 0 Å². The van der Waals surface area contributed by atoms with E-state index in [-0.39, 0.29) is 11.8 Å². The van der Waals surface area contributed by atoms with Crippen LogP contribution in [0.4, 0.5) is 0 Å². The van der Waals surface area contributed by atoms with E-state index < -0.39 is 0 Å². The molecule has 1 heterocycles. The van der Waals surface area contributed by atoms with Gasteiger partial charge in [-0.1, -0.05) is 23.7 Å². The smallest absolute Gasteiger partial charge is 0.275 e. The summed E-state index contributed by atoms with van der Waals surface area (Å²) in [6.45, 7) is 5.86. The van der Waals surface area contributed by atoms with Crippen LogP contribution in [0.5, 0.6) is 0 Å². The average Bonchev–Trinajstić information content (AvgIpc) is 2.50. The Kier molecular flexibility index (Phi) is 6.21. The van der Waals surface area contributed by atoms with Crippen LogP contribution < -0.4 is 10.2 Å². The minimum Gasteiger partial charge on any atom is -0.351 e. The third-order valence-electron chi connectivity index (χ3n) is 3.98. The van der Waals surface area contributed by atoms with Gasteiger partial charge < -0.3 is 15.1 Å². The number of carbonyl (C=O) groups excluding carboxylic acids is 2. The number of quaternary nitrogens is 1. The summed E-state index contributed by atoms with van der Waals surface area (Å²) < 4.78 is 0. The summed E-state index contributed by atoms with van der Waals surface area (Å²) in [7, 11) is 0. The van der Waals surface area contributed by atoms with Gasteiger partial charge in [-0.25, -0.2) is 0 Å². The van der Waals surface area contributed by atoms with Gasteiger partial charge in [0.05, 0.1) is 26.2 Å². The Bertz CT molecular complexity index is 511. The SMILES string of the molecule is CC(=O)N1CC[NH+](CC(=O)NCCc2ccc(Cl)cc2)CC1. The molecule has 0 spiro atoms. The maximum absolute atomic E-state index is 11.9. The maximum Gasteiger partial charge on any atom is 0.275 e. The van der Waals surface area contributed by atoms with Crippen LogP contribution in [0.3, 0.4) is 0 Å². The van der Waals surface area contributed by atoms with Gasteiger partial charge in [-0.15, -0.1) is 0 Å².